The van der Waals surface area contributed by atoms with E-state index < -0.39 is 59.8 Å². The summed E-state index contributed by atoms with van der Waals surface area (Å²) in [5.41, 5.74) is 20.9. The maximum Gasteiger partial charge on any atom is 0.255 e. The number of nitrogens with one attached hydrogen (secondary N) is 4. The highest BCUT2D eigenvalue weighted by Gasteiger charge is 2.37. The van der Waals surface area contributed by atoms with Crippen molar-refractivity contribution in [2.45, 2.75) is 90.1 Å². The minimum atomic E-state index is -1.53. The number of fused-ring (bicyclic) bond motifs is 5. The third-order valence-electron chi connectivity index (χ3n) is 11.5. The largest absolute Gasteiger partial charge is 0.504 e. The molecule has 1 aliphatic heterocycles. The standard InChI is InChI=1S/C49H63N11O9/c1-26-40(27(2)56-43(55-26)30-8-11-32(12-9-30)49(4,5)6)46(65)58-36(14-15-50)48(67)60(7)41-31-10-13-38(69-25-33(61)24-53)34(23-31)35-20-29(22-39(42(35)62)68-19-17-52)21-37(45(64)54-18-16-51)59-44(63)28(3)57-47(41)66/h8-13,20,22-23,28,33,36-37,41,61-62H,14-15,17-19,21,24-25,50,52-53H2,1-7H3,(H,54,64)(H,57,66)(H,58,65)(H,59,63)/t28-,33+,36-,37-,41-/m0/s1. The second-order valence-corrected chi connectivity index (χ2v) is 17.8. The summed E-state index contributed by atoms with van der Waals surface area (Å²) in [7, 11) is 1.35. The number of phenolic OH excluding ortho intramolecular Hbond substituents is 1. The maximum atomic E-state index is 14.8. The van der Waals surface area contributed by atoms with E-state index in [9.17, 15) is 39.4 Å². The van der Waals surface area contributed by atoms with Crippen LogP contribution in [0.25, 0.3) is 22.5 Å². The summed E-state index contributed by atoms with van der Waals surface area (Å²) in [6, 6.07) is 11.8. The quantitative estimate of drug-likeness (QED) is 0.0715. The Morgan fingerprint density at radius 2 is 1.62 bits per heavy atom. The van der Waals surface area contributed by atoms with Gasteiger partial charge in [0.25, 0.3) is 5.91 Å². The number of hydrogen-bond donors (Lipinski definition) is 9. The molecule has 0 spiro atoms. The van der Waals surface area contributed by atoms with Crippen LogP contribution in [0.15, 0.2) is 54.6 Å². The normalized spacial score (nSPS) is 16.9. The summed E-state index contributed by atoms with van der Waals surface area (Å²) in [5, 5.41) is 41.9. The molecule has 0 saturated carbocycles. The van der Waals surface area contributed by atoms with Crippen molar-refractivity contribution in [3.05, 3.63) is 88.2 Å². The SMILES string of the molecule is Cc1nc(-c2ccc(C(C)(C)C)cc2)nc(C)c1C(=O)N[C@@H](CCN)C(=O)N(C)[C@@H]1C(=O)N[C@@H](C)C(=O)N[C@H](C(=O)NCC#N)Cc2cc(OCCN)c(O)c(c2)-c2cc1ccc2OC[C@H](O)CN. The van der Waals surface area contributed by atoms with Gasteiger partial charge in [-0.25, -0.2) is 9.97 Å². The molecule has 1 aliphatic rings. The van der Waals surface area contributed by atoms with Gasteiger partial charge in [0.1, 0.15) is 55.8 Å². The fourth-order valence-electron chi connectivity index (χ4n) is 7.80. The molecule has 5 amide bonds. The van der Waals surface area contributed by atoms with Crippen LogP contribution in [-0.4, -0.2) is 125 Å². The van der Waals surface area contributed by atoms with Crippen molar-refractivity contribution < 1.29 is 43.7 Å². The average Bonchev–Trinajstić information content (AvgIpc) is 3.31. The summed E-state index contributed by atoms with van der Waals surface area (Å²) in [4.78, 5) is 81.2. The molecule has 0 aliphatic carbocycles. The van der Waals surface area contributed by atoms with Crippen LogP contribution in [0, 0.1) is 25.2 Å². The van der Waals surface area contributed by atoms with E-state index in [-0.39, 0.29) is 97.2 Å². The molecular formula is C49H63N11O9. The van der Waals surface area contributed by atoms with Gasteiger partial charge in [0.15, 0.2) is 17.3 Å². The molecule has 368 valence electrons. The lowest BCUT2D eigenvalue weighted by Gasteiger charge is -2.32. The molecule has 3 aromatic carbocycles. The fourth-order valence-corrected chi connectivity index (χ4v) is 7.80. The number of aromatic hydroxyl groups is 1. The van der Waals surface area contributed by atoms with Gasteiger partial charge in [-0.05, 0) is 80.1 Å². The van der Waals surface area contributed by atoms with E-state index in [1.165, 1.54) is 44.3 Å². The zero-order valence-corrected chi connectivity index (χ0v) is 40.0. The Morgan fingerprint density at radius 1 is 0.942 bits per heavy atom. The number of hydrogen-bond acceptors (Lipinski definition) is 15. The van der Waals surface area contributed by atoms with Gasteiger partial charge >= 0.3 is 0 Å². The van der Waals surface area contributed by atoms with Crippen molar-refractivity contribution in [3.63, 3.8) is 0 Å². The van der Waals surface area contributed by atoms with E-state index >= 15 is 0 Å². The predicted molar refractivity (Wildman–Crippen MR) is 257 cm³/mol. The first kappa shape index (κ1) is 52.8. The summed E-state index contributed by atoms with van der Waals surface area (Å²) in [6.07, 6.45) is -1.31. The lowest BCUT2D eigenvalue weighted by atomic mass is 9.86. The Balaban J connectivity index is 1.61. The van der Waals surface area contributed by atoms with Crippen LogP contribution >= 0.6 is 0 Å². The molecule has 4 bridgehead atoms. The lowest BCUT2D eigenvalue weighted by Crippen LogP contribution is -2.56. The predicted octanol–water partition coefficient (Wildman–Crippen LogP) is 1.30. The number of phenols is 1. The molecule has 0 fully saturated rings. The first-order valence-corrected chi connectivity index (χ1v) is 22.6. The van der Waals surface area contributed by atoms with E-state index in [0.717, 1.165) is 16.0 Å². The van der Waals surface area contributed by atoms with Crippen LogP contribution < -0.4 is 47.9 Å². The topological polar surface area (TPSA) is 323 Å². The van der Waals surface area contributed by atoms with E-state index in [2.05, 4.69) is 52.0 Å². The number of likely N-dealkylation sites (N-methyl/N-ethyl adjacent to an activating group) is 1. The minimum Gasteiger partial charge on any atom is -0.504 e. The van der Waals surface area contributed by atoms with Gasteiger partial charge < -0.3 is 63.1 Å². The Bertz CT molecular complexity index is 2550. The van der Waals surface area contributed by atoms with E-state index in [0.29, 0.717) is 22.8 Å². The van der Waals surface area contributed by atoms with E-state index in [1.54, 1.807) is 13.8 Å². The van der Waals surface area contributed by atoms with Gasteiger partial charge in [-0.2, -0.15) is 5.26 Å². The molecule has 12 N–H and O–H groups in total. The Labute approximate surface area is 401 Å². The first-order chi connectivity index (χ1) is 32.7. The van der Waals surface area contributed by atoms with Gasteiger partial charge in [-0.15, -0.1) is 0 Å². The van der Waals surface area contributed by atoms with Gasteiger partial charge in [0, 0.05) is 43.2 Å². The van der Waals surface area contributed by atoms with Gasteiger partial charge in [0.2, 0.25) is 23.6 Å². The summed E-state index contributed by atoms with van der Waals surface area (Å²) in [5.74, 6) is -3.62. The van der Waals surface area contributed by atoms with Crippen LogP contribution in [0.2, 0.25) is 0 Å². The fraction of sp³-hybridized carbons (Fsp3) is 0.429. The number of nitrogens with two attached hydrogens (primary N) is 3. The van der Waals surface area contributed by atoms with Crippen LogP contribution in [0.5, 0.6) is 17.2 Å². The molecule has 69 heavy (non-hydrogen) atoms. The Kier molecular flexibility index (Phi) is 17.8. The van der Waals surface area contributed by atoms with Crippen LogP contribution in [0.4, 0.5) is 0 Å². The van der Waals surface area contributed by atoms with Crippen LogP contribution in [-0.2, 0) is 31.0 Å². The zero-order valence-electron chi connectivity index (χ0n) is 40.0. The number of aromatic nitrogens is 2. The molecule has 2 heterocycles. The van der Waals surface area contributed by atoms with Gasteiger partial charge in [0.05, 0.1) is 23.0 Å². The zero-order chi connectivity index (χ0) is 50.7. The second kappa shape index (κ2) is 23.2. The number of aliphatic hydroxyl groups excluding tert-OH is 1. The number of carbonyl (C=O) groups is 5. The Morgan fingerprint density at radius 3 is 2.23 bits per heavy atom. The van der Waals surface area contributed by atoms with Gasteiger partial charge in [-0.3, -0.25) is 24.0 Å². The first-order valence-electron chi connectivity index (χ1n) is 22.6. The number of ether oxygens (including phenoxy) is 2. The molecule has 5 rings (SSSR count). The molecular weight excluding hydrogens is 887 g/mol. The van der Waals surface area contributed by atoms with Crippen molar-refractivity contribution in [2.24, 2.45) is 17.2 Å². The number of benzene rings is 3. The number of nitriles is 1. The van der Waals surface area contributed by atoms with Gasteiger partial charge in [-0.1, -0.05) is 51.1 Å². The summed E-state index contributed by atoms with van der Waals surface area (Å²) < 4.78 is 11.9. The van der Waals surface area contributed by atoms with E-state index in [1.807, 2.05) is 30.3 Å². The molecule has 1 aromatic heterocycles. The second-order valence-electron chi connectivity index (χ2n) is 17.8. The maximum absolute atomic E-state index is 14.8. The third kappa shape index (κ3) is 12.9. The molecule has 5 atom stereocenters. The Hall–Kier alpha value is -7.18. The van der Waals surface area contributed by atoms with Crippen molar-refractivity contribution in [1.82, 2.24) is 36.1 Å². The average molecular weight is 950 g/mol. The summed E-state index contributed by atoms with van der Waals surface area (Å²) >= 11 is 0. The highest BCUT2D eigenvalue weighted by atomic mass is 16.5. The van der Waals surface area contributed by atoms with Crippen LogP contribution in [0.1, 0.15) is 78.6 Å². The van der Waals surface area contributed by atoms with E-state index in [4.69, 9.17) is 26.7 Å². The lowest BCUT2D eigenvalue weighted by molar-refractivity contribution is -0.141. The number of aryl methyl sites for hydroxylation is 2. The number of carbonyl (C=O) groups excluding carboxylic acids is 5. The highest BCUT2D eigenvalue weighted by Crippen LogP contribution is 2.44. The van der Waals surface area contributed by atoms with Crippen molar-refractivity contribution in [2.75, 3.05) is 46.4 Å². The molecule has 0 saturated heterocycles. The third-order valence-corrected chi connectivity index (χ3v) is 11.5. The minimum absolute atomic E-state index is 0.0256. The number of amides is 5. The van der Waals surface area contributed by atoms with Crippen LogP contribution in [0.3, 0.4) is 0 Å². The number of rotatable bonds is 16. The number of nitrogens with zero attached hydrogens (tertiary/aromatic N) is 4. The monoisotopic (exact) mass is 949 g/mol. The molecule has 0 radical (unpaired) electrons. The summed E-state index contributed by atoms with van der Waals surface area (Å²) in [6.45, 7) is 10.3. The number of aliphatic hydroxyl groups is 1. The van der Waals surface area contributed by atoms with Crippen molar-refractivity contribution in [1.29, 1.82) is 5.26 Å². The molecule has 20 nitrogen and oxygen atoms in total. The smallest absolute Gasteiger partial charge is 0.255 e. The van der Waals surface area contributed by atoms with Crippen molar-refractivity contribution in [3.8, 4) is 45.8 Å². The van der Waals surface area contributed by atoms with Crippen molar-refractivity contribution >= 4 is 29.5 Å². The molecule has 20 heteroatoms. The molecule has 4 aromatic rings. The molecule has 0 unspecified atom stereocenters. The highest BCUT2D eigenvalue weighted by molar-refractivity contribution is 6.00.